The Kier molecular flexibility index (Phi) is 7.17. The number of alkyl halides is 3. The molecule has 10 heteroatoms. The normalized spacial score (nSPS) is 16.4. The number of piperidine rings is 1. The van der Waals surface area contributed by atoms with Crippen LogP contribution in [0.3, 0.4) is 0 Å². The predicted molar refractivity (Wildman–Crippen MR) is 135 cm³/mol. The molecule has 1 saturated heterocycles. The van der Waals surface area contributed by atoms with E-state index in [-0.39, 0.29) is 34.7 Å². The molecule has 2 aliphatic heterocycles. The van der Waals surface area contributed by atoms with Crippen molar-refractivity contribution in [1.29, 1.82) is 5.26 Å². The molecule has 0 bridgehead atoms. The van der Waals surface area contributed by atoms with Gasteiger partial charge in [-0.3, -0.25) is 4.79 Å². The van der Waals surface area contributed by atoms with E-state index in [1.165, 1.54) is 31.4 Å². The summed E-state index contributed by atoms with van der Waals surface area (Å²) in [7, 11) is 1.35. The van der Waals surface area contributed by atoms with Crippen molar-refractivity contribution in [2.45, 2.75) is 25.1 Å². The van der Waals surface area contributed by atoms with Gasteiger partial charge in [0.1, 0.15) is 23.4 Å². The van der Waals surface area contributed by atoms with Crippen LogP contribution >= 0.6 is 0 Å². The van der Waals surface area contributed by atoms with E-state index in [2.05, 4.69) is 5.32 Å². The largest absolute Gasteiger partial charge is 0.493 e. The first-order chi connectivity index (χ1) is 18.7. The molecule has 3 aromatic carbocycles. The lowest BCUT2D eigenvalue weighted by Gasteiger charge is -2.23. The number of Topliss-reactive ketones (excluding diaryl/α,β-unsaturated/α-hetero) is 1. The molecule has 0 spiro atoms. The van der Waals surface area contributed by atoms with Crippen LogP contribution in [0.5, 0.6) is 28.7 Å². The number of nitriles is 1. The standard InChI is InChI=1S/C29H23F3N2O5/c1-36-26-13-17(2-7-24(26)38-23-6-3-18(16-33)12-22(23)29(30,31)32)14-27-28(35)21-5-4-20(15-25(21)39-27)37-19-8-10-34-11-9-19/h2-7,12-15,19,34H,8-11H2,1H3. The van der Waals surface area contributed by atoms with Crippen LogP contribution in [0, 0.1) is 11.3 Å². The number of fused-ring (bicyclic) bond motifs is 1. The lowest BCUT2D eigenvalue weighted by Crippen LogP contribution is -2.34. The molecule has 0 aromatic heterocycles. The highest BCUT2D eigenvalue weighted by Crippen LogP contribution is 2.41. The number of allylic oxidation sites excluding steroid dienone is 1. The van der Waals surface area contributed by atoms with Gasteiger partial charge in [0.05, 0.1) is 29.9 Å². The summed E-state index contributed by atoms with van der Waals surface area (Å²) in [5, 5.41) is 12.3. The number of hydrogen-bond acceptors (Lipinski definition) is 7. The average Bonchev–Trinajstić information content (AvgIpc) is 3.23. The highest BCUT2D eigenvalue weighted by atomic mass is 19.4. The zero-order valence-electron chi connectivity index (χ0n) is 20.8. The first kappa shape index (κ1) is 26.1. The molecule has 0 saturated carbocycles. The maximum Gasteiger partial charge on any atom is 0.420 e. The summed E-state index contributed by atoms with van der Waals surface area (Å²) in [4.78, 5) is 12.9. The molecule has 2 heterocycles. The fraction of sp³-hybridized carbons (Fsp3) is 0.241. The van der Waals surface area contributed by atoms with E-state index in [0.717, 1.165) is 38.1 Å². The highest BCUT2D eigenvalue weighted by Gasteiger charge is 2.35. The number of ether oxygens (including phenoxy) is 4. The molecule has 39 heavy (non-hydrogen) atoms. The first-order valence-electron chi connectivity index (χ1n) is 12.2. The number of rotatable bonds is 6. The zero-order valence-corrected chi connectivity index (χ0v) is 20.8. The Morgan fingerprint density at radius 1 is 1.03 bits per heavy atom. The van der Waals surface area contributed by atoms with E-state index >= 15 is 0 Å². The number of halogens is 3. The molecule has 5 rings (SSSR count). The van der Waals surface area contributed by atoms with Gasteiger partial charge in [0, 0.05) is 6.07 Å². The molecular formula is C29H23F3N2O5. The number of hydrogen-bond donors (Lipinski definition) is 1. The van der Waals surface area contributed by atoms with Crippen LogP contribution < -0.4 is 24.3 Å². The molecular weight excluding hydrogens is 513 g/mol. The fourth-order valence-corrected chi connectivity index (χ4v) is 4.38. The van der Waals surface area contributed by atoms with Crippen molar-refractivity contribution >= 4 is 11.9 Å². The molecule has 0 unspecified atom stereocenters. The minimum atomic E-state index is -4.73. The Balaban J connectivity index is 1.36. The Hall–Kier alpha value is -4.49. The van der Waals surface area contributed by atoms with Gasteiger partial charge in [0.2, 0.25) is 5.78 Å². The van der Waals surface area contributed by atoms with Crippen molar-refractivity contribution in [3.63, 3.8) is 0 Å². The molecule has 0 radical (unpaired) electrons. The van der Waals surface area contributed by atoms with Crippen LogP contribution in [0.2, 0.25) is 0 Å². The minimum Gasteiger partial charge on any atom is -0.493 e. The summed E-state index contributed by atoms with van der Waals surface area (Å²) in [6, 6.07) is 14.4. The molecule has 0 aliphatic carbocycles. The summed E-state index contributed by atoms with van der Waals surface area (Å²) in [6.07, 6.45) is -1.32. The molecule has 2 aliphatic rings. The van der Waals surface area contributed by atoms with E-state index in [9.17, 15) is 18.0 Å². The lowest BCUT2D eigenvalue weighted by atomic mass is 10.1. The maximum absolute atomic E-state index is 13.5. The van der Waals surface area contributed by atoms with Crippen LogP contribution in [0.1, 0.15) is 39.9 Å². The molecule has 3 aromatic rings. The van der Waals surface area contributed by atoms with E-state index in [4.69, 9.17) is 24.2 Å². The summed E-state index contributed by atoms with van der Waals surface area (Å²) in [6.45, 7) is 1.78. The quantitative estimate of drug-likeness (QED) is 0.380. The van der Waals surface area contributed by atoms with Crippen molar-refractivity contribution in [2.24, 2.45) is 0 Å². The number of nitrogens with zero attached hydrogens (tertiary/aromatic N) is 1. The van der Waals surface area contributed by atoms with Crippen LogP contribution in [-0.2, 0) is 6.18 Å². The highest BCUT2D eigenvalue weighted by molar-refractivity contribution is 6.14. The summed E-state index contributed by atoms with van der Waals surface area (Å²) in [5.41, 5.74) is -0.305. The topological polar surface area (TPSA) is 89.8 Å². The van der Waals surface area contributed by atoms with Gasteiger partial charge in [-0.1, -0.05) is 6.07 Å². The number of carbonyl (C=O) groups excluding carboxylic acids is 1. The molecule has 0 atom stereocenters. The number of carbonyl (C=O) groups is 1. The van der Waals surface area contributed by atoms with Crippen molar-refractivity contribution in [1.82, 2.24) is 5.32 Å². The number of methoxy groups -OCH3 is 1. The van der Waals surface area contributed by atoms with Gasteiger partial charge in [-0.05, 0) is 80.0 Å². The predicted octanol–water partition coefficient (Wildman–Crippen LogP) is 6.12. The molecule has 1 fully saturated rings. The second kappa shape index (κ2) is 10.7. The maximum atomic E-state index is 13.5. The third-order valence-corrected chi connectivity index (χ3v) is 6.35. The average molecular weight is 537 g/mol. The van der Waals surface area contributed by atoms with Gasteiger partial charge < -0.3 is 24.3 Å². The third kappa shape index (κ3) is 5.68. The molecule has 1 N–H and O–H groups in total. The lowest BCUT2D eigenvalue weighted by molar-refractivity contribution is -0.138. The number of ketones is 1. The Labute approximate surface area is 222 Å². The van der Waals surface area contributed by atoms with Crippen molar-refractivity contribution < 1.29 is 36.9 Å². The van der Waals surface area contributed by atoms with Crippen molar-refractivity contribution in [3.05, 3.63) is 82.6 Å². The molecule has 7 nitrogen and oxygen atoms in total. The Morgan fingerprint density at radius 2 is 1.79 bits per heavy atom. The van der Waals surface area contributed by atoms with Gasteiger partial charge in [0.15, 0.2) is 17.3 Å². The van der Waals surface area contributed by atoms with E-state index in [1.807, 2.05) is 0 Å². The van der Waals surface area contributed by atoms with Crippen molar-refractivity contribution in [2.75, 3.05) is 20.2 Å². The van der Waals surface area contributed by atoms with Gasteiger partial charge in [0.25, 0.3) is 0 Å². The van der Waals surface area contributed by atoms with Gasteiger partial charge in [-0.2, -0.15) is 18.4 Å². The van der Waals surface area contributed by atoms with E-state index in [0.29, 0.717) is 22.6 Å². The zero-order chi connectivity index (χ0) is 27.6. The SMILES string of the molecule is COc1cc(C=C2Oc3cc(OC4CCNCC4)ccc3C2=O)ccc1Oc1ccc(C#N)cc1C(F)(F)F. The smallest absolute Gasteiger partial charge is 0.420 e. The number of benzene rings is 3. The molecule has 0 amide bonds. The van der Waals surface area contributed by atoms with E-state index in [1.54, 1.807) is 30.3 Å². The Morgan fingerprint density at radius 3 is 2.51 bits per heavy atom. The van der Waals surface area contributed by atoms with E-state index < -0.39 is 17.5 Å². The van der Waals surface area contributed by atoms with Gasteiger partial charge in [-0.15, -0.1) is 0 Å². The van der Waals surface area contributed by atoms with Gasteiger partial charge >= 0.3 is 6.18 Å². The molecule has 200 valence electrons. The van der Waals surface area contributed by atoms with Crippen LogP contribution in [0.4, 0.5) is 13.2 Å². The Bertz CT molecular complexity index is 1490. The minimum absolute atomic E-state index is 0.0245. The van der Waals surface area contributed by atoms with Crippen LogP contribution in [-0.4, -0.2) is 32.1 Å². The van der Waals surface area contributed by atoms with Crippen LogP contribution in [0.15, 0.2) is 60.4 Å². The van der Waals surface area contributed by atoms with Crippen LogP contribution in [0.25, 0.3) is 6.08 Å². The van der Waals surface area contributed by atoms with Gasteiger partial charge in [-0.25, -0.2) is 0 Å². The van der Waals surface area contributed by atoms with Crippen molar-refractivity contribution in [3.8, 4) is 34.8 Å². The third-order valence-electron chi connectivity index (χ3n) is 6.35. The summed E-state index contributed by atoms with van der Waals surface area (Å²) in [5.74, 6) is 0.498. The summed E-state index contributed by atoms with van der Waals surface area (Å²) < 4.78 is 63.4. The second-order valence-corrected chi connectivity index (χ2v) is 9.00. The first-order valence-corrected chi connectivity index (χ1v) is 12.2. The monoisotopic (exact) mass is 536 g/mol. The second-order valence-electron chi connectivity index (χ2n) is 9.00. The summed E-state index contributed by atoms with van der Waals surface area (Å²) >= 11 is 0. The fourth-order valence-electron chi connectivity index (χ4n) is 4.38. The number of nitrogens with one attached hydrogen (secondary N) is 1.